The van der Waals surface area contributed by atoms with Gasteiger partial charge in [-0.3, -0.25) is 4.79 Å². The fraction of sp³-hybridized carbons (Fsp3) is 0.211. The Morgan fingerprint density at radius 2 is 2.00 bits per heavy atom. The summed E-state index contributed by atoms with van der Waals surface area (Å²) in [5, 5.41) is 2.53. The van der Waals surface area contributed by atoms with Crippen molar-refractivity contribution in [2.24, 2.45) is 0 Å². The number of hydrogen-bond donors (Lipinski definition) is 0. The molecule has 2 aromatic heterocycles. The van der Waals surface area contributed by atoms with Gasteiger partial charge in [0.1, 0.15) is 0 Å². The number of aromatic nitrogens is 2. The van der Waals surface area contributed by atoms with Gasteiger partial charge in [-0.05, 0) is 31.5 Å². The fourth-order valence-corrected chi connectivity index (χ4v) is 3.41. The van der Waals surface area contributed by atoms with Crippen molar-refractivity contribution in [1.29, 1.82) is 0 Å². The zero-order valence-electron chi connectivity index (χ0n) is 14.5. The van der Waals surface area contributed by atoms with Crippen molar-refractivity contribution in [2.45, 2.75) is 26.6 Å². The van der Waals surface area contributed by atoms with Crippen LogP contribution >= 0.6 is 11.3 Å². The summed E-state index contributed by atoms with van der Waals surface area (Å²) >= 11 is 1.38. The molecule has 4 nitrogen and oxygen atoms in total. The molecule has 27 heavy (non-hydrogen) atoms. The Balaban J connectivity index is 2.32. The van der Waals surface area contributed by atoms with E-state index in [1.807, 2.05) is 13.0 Å². The van der Waals surface area contributed by atoms with Gasteiger partial charge in [0.2, 0.25) is 0 Å². The van der Waals surface area contributed by atoms with Crippen molar-refractivity contribution in [2.75, 3.05) is 0 Å². The number of pyridine rings is 1. The van der Waals surface area contributed by atoms with Gasteiger partial charge in [0.15, 0.2) is 0 Å². The molecular formula is C19H14F3N3OS. The van der Waals surface area contributed by atoms with Crippen LogP contribution in [0, 0.1) is 20.4 Å². The first-order valence-electron chi connectivity index (χ1n) is 7.91. The number of benzene rings is 1. The zero-order chi connectivity index (χ0) is 19.8. The van der Waals surface area contributed by atoms with Crippen molar-refractivity contribution in [3.05, 3.63) is 79.3 Å². The third-order valence-electron chi connectivity index (χ3n) is 3.99. The normalized spacial score (nSPS) is 11.4. The predicted octanol–water partition coefficient (Wildman–Crippen LogP) is 5.21. The van der Waals surface area contributed by atoms with Gasteiger partial charge in [-0.15, -0.1) is 11.3 Å². The van der Waals surface area contributed by atoms with E-state index in [-0.39, 0.29) is 12.2 Å². The van der Waals surface area contributed by atoms with Crippen LogP contribution in [-0.4, -0.2) is 9.55 Å². The van der Waals surface area contributed by atoms with E-state index >= 15 is 0 Å². The molecule has 0 radical (unpaired) electrons. The minimum Gasteiger partial charge on any atom is -0.311 e. The van der Waals surface area contributed by atoms with Crippen LogP contribution in [0.25, 0.3) is 16.1 Å². The van der Waals surface area contributed by atoms with Gasteiger partial charge in [-0.1, -0.05) is 23.8 Å². The van der Waals surface area contributed by atoms with E-state index in [2.05, 4.69) is 9.83 Å². The molecule has 0 unspecified atom stereocenters. The third kappa shape index (κ3) is 3.78. The first-order valence-corrected chi connectivity index (χ1v) is 8.79. The summed E-state index contributed by atoms with van der Waals surface area (Å²) in [7, 11) is 0. The van der Waals surface area contributed by atoms with Crippen LogP contribution < -0.4 is 5.56 Å². The highest BCUT2D eigenvalue weighted by atomic mass is 32.1. The second-order valence-corrected chi connectivity index (χ2v) is 7.08. The van der Waals surface area contributed by atoms with E-state index in [9.17, 15) is 18.0 Å². The number of halogens is 3. The molecule has 3 aromatic rings. The Bertz CT molecular complexity index is 1110. The lowest BCUT2D eigenvalue weighted by Gasteiger charge is -2.17. The summed E-state index contributed by atoms with van der Waals surface area (Å²) in [6, 6.07) is 7.75. The molecule has 0 saturated heterocycles. The number of alkyl halides is 3. The van der Waals surface area contributed by atoms with Gasteiger partial charge in [-0.25, -0.2) is 9.83 Å². The maximum Gasteiger partial charge on any atom is 0.407 e. The average molecular weight is 389 g/mol. The fourth-order valence-electron chi connectivity index (χ4n) is 2.80. The minimum atomic E-state index is -4.80. The van der Waals surface area contributed by atoms with Crippen molar-refractivity contribution in [3.8, 4) is 11.3 Å². The summed E-state index contributed by atoms with van der Waals surface area (Å²) < 4.78 is 41.5. The molecule has 8 heteroatoms. The van der Waals surface area contributed by atoms with Crippen molar-refractivity contribution < 1.29 is 13.2 Å². The molecular weight excluding hydrogens is 375 g/mol. The van der Waals surface area contributed by atoms with Crippen LogP contribution in [-0.2, 0) is 12.7 Å². The van der Waals surface area contributed by atoms with Crippen LogP contribution in [0.15, 0.2) is 40.5 Å². The highest BCUT2D eigenvalue weighted by Gasteiger charge is 2.36. The molecule has 0 bridgehead atoms. The molecule has 0 N–H and O–H groups in total. The van der Waals surface area contributed by atoms with Gasteiger partial charge >= 0.3 is 6.18 Å². The minimum absolute atomic E-state index is 0.00684. The smallest absolute Gasteiger partial charge is 0.311 e. The van der Waals surface area contributed by atoms with Crippen molar-refractivity contribution >= 4 is 17.0 Å². The Morgan fingerprint density at radius 3 is 2.56 bits per heavy atom. The lowest BCUT2D eigenvalue weighted by Crippen LogP contribution is -2.25. The SMILES string of the molecule is [C-]#[N+]c1c(C(F)(F)F)cc(-c2cccc(C)c2)n(Cc2csc(C)n2)c1=O. The third-order valence-corrected chi connectivity index (χ3v) is 4.81. The molecule has 0 aliphatic heterocycles. The number of nitrogens with zero attached hydrogens (tertiary/aromatic N) is 3. The quantitative estimate of drug-likeness (QED) is 0.577. The van der Waals surface area contributed by atoms with E-state index in [4.69, 9.17) is 6.57 Å². The van der Waals surface area contributed by atoms with Crippen LogP contribution in [0.3, 0.4) is 0 Å². The monoisotopic (exact) mass is 389 g/mol. The number of aryl methyl sites for hydroxylation is 2. The number of rotatable bonds is 3. The van der Waals surface area contributed by atoms with Crippen LogP contribution in [0.5, 0.6) is 0 Å². The second kappa shape index (κ2) is 7.00. The van der Waals surface area contributed by atoms with Gasteiger partial charge in [-0.2, -0.15) is 13.2 Å². The largest absolute Gasteiger partial charge is 0.407 e. The maximum atomic E-state index is 13.5. The van der Waals surface area contributed by atoms with Crippen molar-refractivity contribution in [3.63, 3.8) is 0 Å². The summed E-state index contributed by atoms with van der Waals surface area (Å²) in [5.41, 5.74) is -1.13. The molecule has 0 atom stereocenters. The molecule has 0 fully saturated rings. The zero-order valence-corrected chi connectivity index (χ0v) is 15.3. The van der Waals surface area contributed by atoms with Gasteiger partial charge in [0, 0.05) is 11.1 Å². The van der Waals surface area contributed by atoms with E-state index in [0.29, 0.717) is 11.3 Å². The Morgan fingerprint density at radius 1 is 1.26 bits per heavy atom. The number of hydrogen-bond acceptors (Lipinski definition) is 3. The number of thiazole rings is 1. The Labute approximate surface area is 157 Å². The van der Waals surface area contributed by atoms with Gasteiger partial charge < -0.3 is 4.57 Å². The standard InChI is InChI=1S/C19H14F3N3OS/c1-11-5-4-6-13(7-11)16-8-15(19(20,21)22)17(23-3)18(26)25(16)9-14-10-27-12(2)24-14/h4-8,10H,9H2,1-2H3. The van der Waals surface area contributed by atoms with Crippen LogP contribution in [0.2, 0.25) is 0 Å². The maximum absolute atomic E-state index is 13.5. The van der Waals surface area contributed by atoms with Gasteiger partial charge in [0.25, 0.3) is 11.2 Å². The summed E-state index contributed by atoms with van der Waals surface area (Å²) in [4.78, 5) is 19.9. The Hall–Kier alpha value is -2.92. The average Bonchev–Trinajstić information content (AvgIpc) is 3.00. The summed E-state index contributed by atoms with van der Waals surface area (Å²) in [5.74, 6) is 0. The highest BCUT2D eigenvalue weighted by Crippen LogP contribution is 2.37. The predicted molar refractivity (Wildman–Crippen MR) is 98.1 cm³/mol. The molecule has 1 aromatic carbocycles. The molecule has 138 valence electrons. The first kappa shape index (κ1) is 18.9. The summed E-state index contributed by atoms with van der Waals surface area (Å²) in [6.45, 7) is 10.7. The molecule has 0 aliphatic carbocycles. The van der Waals surface area contributed by atoms with E-state index in [1.54, 1.807) is 30.5 Å². The summed E-state index contributed by atoms with van der Waals surface area (Å²) in [6.07, 6.45) is -4.80. The van der Waals surface area contributed by atoms with Crippen LogP contribution in [0.1, 0.15) is 21.8 Å². The van der Waals surface area contributed by atoms with Crippen LogP contribution in [0.4, 0.5) is 18.9 Å². The molecule has 3 rings (SSSR count). The van der Waals surface area contributed by atoms with E-state index in [0.717, 1.165) is 16.6 Å². The lowest BCUT2D eigenvalue weighted by atomic mass is 10.0. The topological polar surface area (TPSA) is 39.2 Å². The second-order valence-electron chi connectivity index (χ2n) is 6.02. The van der Waals surface area contributed by atoms with E-state index in [1.165, 1.54) is 15.9 Å². The van der Waals surface area contributed by atoms with Gasteiger partial charge in [0.05, 0.1) is 29.4 Å². The molecule has 2 heterocycles. The first-order chi connectivity index (χ1) is 12.7. The van der Waals surface area contributed by atoms with Crippen molar-refractivity contribution in [1.82, 2.24) is 9.55 Å². The highest BCUT2D eigenvalue weighted by molar-refractivity contribution is 7.09. The Kier molecular flexibility index (Phi) is 4.89. The molecule has 0 amide bonds. The molecule has 0 aliphatic rings. The lowest BCUT2D eigenvalue weighted by molar-refractivity contribution is -0.136. The molecule has 0 saturated carbocycles. The molecule has 0 spiro atoms. The van der Waals surface area contributed by atoms with E-state index < -0.39 is 23.0 Å².